The first-order valence-electron chi connectivity index (χ1n) is 42.7. The van der Waals surface area contributed by atoms with Crippen LogP contribution in [0.3, 0.4) is 0 Å². The van der Waals surface area contributed by atoms with Crippen LogP contribution in [0.15, 0.2) is 443 Å². The Bertz CT molecular complexity index is 8380. The summed E-state index contributed by atoms with van der Waals surface area (Å²) in [7, 11) is 0. The highest BCUT2D eigenvalue weighted by Crippen LogP contribution is 2.65. The third kappa shape index (κ3) is 10.9. The molecule has 10 heteroatoms. The number of fused-ring (bicyclic) bond motifs is 28. The van der Waals surface area contributed by atoms with Crippen molar-refractivity contribution in [1.82, 2.24) is 34.5 Å². The van der Waals surface area contributed by atoms with Gasteiger partial charge in [0.1, 0.15) is 17.0 Å². The fourth-order valence-electron chi connectivity index (χ4n) is 20.8. The lowest BCUT2D eigenvalue weighted by Gasteiger charge is -2.39. The van der Waals surface area contributed by atoms with E-state index in [-0.39, 0.29) is 0 Å². The molecule has 2 aliphatic heterocycles. The van der Waals surface area contributed by atoms with Gasteiger partial charge in [-0.1, -0.05) is 345 Å². The monoisotopic (exact) mass is 1640 g/mol. The quantitative estimate of drug-likeness (QED) is 0.138. The van der Waals surface area contributed by atoms with Gasteiger partial charge in [0, 0.05) is 85.4 Å². The van der Waals surface area contributed by atoms with Crippen molar-refractivity contribution in [3.63, 3.8) is 0 Å². The lowest BCUT2D eigenvalue weighted by molar-refractivity contribution is 0.669. The van der Waals surface area contributed by atoms with Crippen molar-refractivity contribution in [2.24, 2.45) is 0 Å². The van der Waals surface area contributed by atoms with Crippen LogP contribution in [0.4, 0.5) is 0 Å². The molecule has 2 spiro atoms. The van der Waals surface area contributed by atoms with Crippen LogP contribution in [-0.4, -0.2) is 34.5 Å². The van der Waals surface area contributed by atoms with Gasteiger partial charge in [0.05, 0.1) is 49.8 Å². The number of imidazole rings is 1. The highest BCUT2D eigenvalue weighted by atomic mass is 32.2. The lowest BCUT2D eigenvalue weighted by atomic mass is 9.67. The number of para-hydroxylation sites is 7. The van der Waals surface area contributed by atoms with Crippen LogP contribution in [0.5, 0.6) is 0 Å². The van der Waals surface area contributed by atoms with Gasteiger partial charge in [-0.25, -0.2) is 29.9 Å². The summed E-state index contributed by atoms with van der Waals surface area (Å²) in [6.07, 6.45) is 0. The third-order valence-electron chi connectivity index (χ3n) is 26.3. The Labute approximate surface area is 734 Å². The summed E-state index contributed by atoms with van der Waals surface area (Å²) < 4.78 is 8.71. The first-order chi connectivity index (χ1) is 62.4. The summed E-state index contributed by atoms with van der Waals surface area (Å²) >= 11 is 3.76. The standard InChI is InChI=1S/C59H34N4OS.C57H35N3S/c1-2-15-36(16-3-1)56-61-57(63-58(62-56)42-21-14-20-41-40-19-6-11-26-51(40)64-55(41)42)37-31-29-35(30-32-37)54-45-33-44-38-17-4-7-22-46(38)59(49(44)34-43(45)39-18-5-10-25-50(39)60-54)47-23-8-12-27-52(47)65-53-28-13-9-24-48(53)59;1-2-14-40(15-3-1)60-52-23-11-10-22-51(52)59-56(60)39-32-28-37(29-33-39)36-26-30-38(31-27-36)55-45-34-44-41-16-4-6-18-46(41)57(49(44)35-43(45)42-17-5-9-21-50(42)58-55)47-19-7-12-24-53(47)61-54-25-13-8-20-48(54)57/h1-34H;1-35H. The van der Waals surface area contributed by atoms with Crippen molar-refractivity contribution in [3.8, 4) is 107 Å². The zero-order chi connectivity index (χ0) is 82.7. The molecular weight excluding hydrogens is 1570 g/mol. The Morgan fingerprint density at radius 2 is 0.603 bits per heavy atom. The molecule has 8 nitrogen and oxygen atoms in total. The topological polar surface area (TPSA) is 95.4 Å². The van der Waals surface area contributed by atoms with Gasteiger partial charge in [0.25, 0.3) is 0 Å². The Morgan fingerprint density at radius 1 is 0.222 bits per heavy atom. The third-order valence-corrected chi connectivity index (χ3v) is 28.6. The van der Waals surface area contributed by atoms with Gasteiger partial charge in [-0.3, -0.25) is 4.57 Å². The van der Waals surface area contributed by atoms with Crippen LogP contribution in [0, 0.1) is 0 Å². The second-order valence-electron chi connectivity index (χ2n) is 32.9. The zero-order valence-corrected chi connectivity index (χ0v) is 69.3. The Kier molecular flexibility index (Phi) is 16.2. The lowest BCUT2D eigenvalue weighted by Crippen LogP contribution is -2.31. The van der Waals surface area contributed by atoms with Crippen LogP contribution in [0.2, 0.25) is 0 Å². The second-order valence-corrected chi connectivity index (χ2v) is 35.1. The van der Waals surface area contributed by atoms with E-state index in [1.165, 1.54) is 103 Å². The van der Waals surface area contributed by atoms with Gasteiger partial charge in [0.2, 0.25) is 0 Å². The summed E-state index contributed by atoms with van der Waals surface area (Å²) in [5.74, 6) is 2.66. The van der Waals surface area contributed by atoms with Gasteiger partial charge in [-0.15, -0.1) is 0 Å². The van der Waals surface area contributed by atoms with Gasteiger partial charge in [0.15, 0.2) is 17.5 Å². The minimum Gasteiger partial charge on any atom is -0.455 e. The minimum absolute atomic E-state index is 0.436. The molecule has 0 saturated heterocycles. The molecule has 0 fully saturated rings. The molecule has 4 aliphatic rings. The van der Waals surface area contributed by atoms with Crippen molar-refractivity contribution in [2.45, 2.75) is 30.4 Å². The van der Waals surface area contributed by atoms with E-state index in [2.05, 4.69) is 356 Å². The highest BCUT2D eigenvalue weighted by Gasteiger charge is 2.52. The number of hydrogen-bond donors (Lipinski definition) is 0. The fourth-order valence-corrected chi connectivity index (χ4v) is 23.1. The first-order valence-corrected chi connectivity index (χ1v) is 44.3. The summed E-state index contributed by atoms with van der Waals surface area (Å²) in [4.78, 5) is 36.4. The molecule has 7 heterocycles. The van der Waals surface area contributed by atoms with E-state index in [0.717, 1.165) is 128 Å². The molecule has 0 atom stereocenters. The molecule has 0 radical (unpaired) electrons. The summed E-state index contributed by atoms with van der Waals surface area (Å²) in [5.41, 5.74) is 31.5. The molecule has 586 valence electrons. The van der Waals surface area contributed by atoms with Gasteiger partial charge < -0.3 is 4.42 Å². The van der Waals surface area contributed by atoms with Gasteiger partial charge in [-0.2, -0.15) is 0 Å². The number of pyridine rings is 2. The molecule has 0 bridgehead atoms. The second kappa shape index (κ2) is 28.4. The SMILES string of the molecule is c1ccc(-c2nc(-c3ccc(-c4nc5ccccc5c5cc6c(cc45)-c4ccccc4C64c5ccccc5Sc5ccccc54)cc3)nc(-c3cccc4c3oc3ccccc34)n2)cc1.c1ccc(-n2c(-c3ccc(-c4ccc(-c5nc6ccccc6c6cc7c(cc56)-c5ccccc5C75c6ccccc6Sc6ccccc65)cc4)cc3)nc3ccccc32)cc1. The maximum Gasteiger partial charge on any atom is 0.167 e. The van der Waals surface area contributed by atoms with E-state index in [4.69, 9.17) is 34.3 Å². The van der Waals surface area contributed by atoms with E-state index in [0.29, 0.717) is 17.5 Å². The number of aromatic nitrogens is 7. The maximum absolute atomic E-state index is 6.46. The molecule has 0 saturated carbocycles. The molecule has 23 aromatic rings. The van der Waals surface area contributed by atoms with Gasteiger partial charge in [-0.05, 0) is 186 Å². The number of hydrogen-bond acceptors (Lipinski definition) is 9. The predicted octanol–water partition coefficient (Wildman–Crippen LogP) is 29.5. The van der Waals surface area contributed by atoms with Crippen molar-refractivity contribution in [2.75, 3.05) is 0 Å². The first kappa shape index (κ1) is 72.0. The summed E-state index contributed by atoms with van der Waals surface area (Å²) in [6, 6.07) is 151. The van der Waals surface area contributed by atoms with Crippen LogP contribution in [0.1, 0.15) is 44.5 Å². The smallest absolute Gasteiger partial charge is 0.167 e. The van der Waals surface area contributed by atoms with Crippen molar-refractivity contribution in [3.05, 3.63) is 463 Å². The fraction of sp³-hybridized carbons (Fsp3) is 0.0172. The zero-order valence-electron chi connectivity index (χ0n) is 67.7. The van der Waals surface area contributed by atoms with E-state index < -0.39 is 10.8 Å². The van der Waals surface area contributed by atoms with Crippen LogP contribution in [0.25, 0.3) is 183 Å². The highest BCUT2D eigenvalue weighted by molar-refractivity contribution is 7.99. The Balaban J connectivity index is 0.000000134. The predicted molar refractivity (Wildman–Crippen MR) is 515 cm³/mol. The van der Waals surface area contributed by atoms with Crippen molar-refractivity contribution in [1.29, 1.82) is 0 Å². The van der Waals surface area contributed by atoms with E-state index >= 15 is 0 Å². The summed E-state index contributed by atoms with van der Waals surface area (Å²) in [6.45, 7) is 0. The Morgan fingerprint density at radius 3 is 1.13 bits per heavy atom. The average molecular weight is 1640 g/mol. The van der Waals surface area contributed by atoms with Crippen LogP contribution in [-0.2, 0) is 10.8 Å². The largest absolute Gasteiger partial charge is 0.455 e. The summed E-state index contributed by atoms with van der Waals surface area (Å²) in [5, 5.41) is 9.07. The number of furan rings is 1. The molecule has 2 aliphatic carbocycles. The molecule has 126 heavy (non-hydrogen) atoms. The molecule has 27 rings (SSSR count). The van der Waals surface area contributed by atoms with E-state index in [1.807, 2.05) is 90.3 Å². The minimum atomic E-state index is -0.470. The van der Waals surface area contributed by atoms with Crippen molar-refractivity contribution >= 4 is 99.8 Å². The van der Waals surface area contributed by atoms with Crippen molar-refractivity contribution < 1.29 is 4.42 Å². The van der Waals surface area contributed by atoms with Crippen LogP contribution < -0.4 is 0 Å². The van der Waals surface area contributed by atoms with E-state index in [1.54, 1.807) is 0 Å². The number of rotatable bonds is 8. The van der Waals surface area contributed by atoms with Gasteiger partial charge >= 0.3 is 0 Å². The molecule has 0 amide bonds. The number of benzene rings is 18. The van der Waals surface area contributed by atoms with E-state index in [9.17, 15) is 0 Å². The average Bonchev–Trinajstić information content (AvgIpc) is 1.51. The molecule has 18 aromatic carbocycles. The molecular formula is C116H69N7OS2. The normalized spacial score (nSPS) is 13.3. The number of nitrogens with zero attached hydrogens (tertiary/aromatic N) is 7. The Hall–Kier alpha value is -15.7. The maximum atomic E-state index is 6.46. The molecule has 0 unspecified atom stereocenters. The molecule has 0 N–H and O–H groups in total. The molecule has 5 aromatic heterocycles. The van der Waals surface area contributed by atoms with Crippen LogP contribution >= 0.6 is 23.5 Å².